The van der Waals surface area contributed by atoms with Crippen molar-refractivity contribution in [1.82, 2.24) is 19.2 Å². The number of aromatic nitrogens is 2. The summed E-state index contributed by atoms with van der Waals surface area (Å²) in [6, 6.07) is 11.7. The fourth-order valence-electron chi connectivity index (χ4n) is 4.79. The van der Waals surface area contributed by atoms with Gasteiger partial charge in [-0.1, -0.05) is 12.1 Å². The van der Waals surface area contributed by atoms with Crippen LogP contribution in [0.5, 0.6) is 11.5 Å². The van der Waals surface area contributed by atoms with Gasteiger partial charge >= 0.3 is 0 Å². The van der Waals surface area contributed by atoms with Crippen molar-refractivity contribution in [3.05, 3.63) is 80.8 Å². The summed E-state index contributed by atoms with van der Waals surface area (Å²) in [6.45, 7) is 0.704. The van der Waals surface area contributed by atoms with Crippen LogP contribution in [-0.4, -0.2) is 72.9 Å². The van der Waals surface area contributed by atoms with E-state index < -0.39 is 26.5 Å². The van der Waals surface area contributed by atoms with Gasteiger partial charge in [-0.05, 0) is 59.2 Å². The molecule has 226 valence electrons. The second kappa shape index (κ2) is 12.8. The van der Waals surface area contributed by atoms with Crippen molar-refractivity contribution in [2.75, 3.05) is 45.7 Å². The van der Waals surface area contributed by atoms with Crippen molar-refractivity contribution in [1.29, 1.82) is 0 Å². The van der Waals surface area contributed by atoms with Crippen LogP contribution in [0.2, 0.25) is 0 Å². The molecule has 0 unspecified atom stereocenters. The summed E-state index contributed by atoms with van der Waals surface area (Å²) in [5, 5.41) is 15.6. The number of nitrogens with one attached hydrogen (secondary N) is 1. The highest BCUT2D eigenvalue weighted by Crippen LogP contribution is 2.36. The van der Waals surface area contributed by atoms with E-state index in [0.29, 0.717) is 39.5 Å². The van der Waals surface area contributed by atoms with Crippen molar-refractivity contribution < 1.29 is 27.2 Å². The number of hydrogen-bond donors (Lipinski definition) is 1. The Morgan fingerprint density at radius 3 is 2.70 bits per heavy atom. The van der Waals surface area contributed by atoms with Gasteiger partial charge in [-0.15, -0.1) is 0 Å². The van der Waals surface area contributed by atoms with Gasteiger partial charge in [0.05, 0.1) is 28.6 Å². The SMILES string of the molecule is COc1cc2ncnc3c2cc1OCCCN(S(=O)(=O)c1ccccc1[N+](=O)[O-])CCN(C)Cc1cc(F)c(Br)cc1N3. The van der Waals surface area contributed by atoms with Crippen molar-refractivity contribution >= 4 is 54.0 Å². The van der Waals surface area contributed by atoms with E-state index in [1.807, 2.05) is 4.90 Å². The molecule has 12 nitrogen and oxygen atoms in total. The van der Waals surface area contributed by atoms with Crippen LogP contribution < -0.4 is 14.8 Å². The molecule has 0 fully saturated rings. The maximum absolute atomic E-state index is 14.7. The average Bonchev–Trinajstić information content (AvgIpc) is 2.98. The van der Waals surface area contributed by atoms with E-state index in [9.17, 15) is 22.9 Å². The van der Waals surface area contributed by atoms with Gasteiger partial charge in [0.25, 0.3) is 5.69 Å². The molecule has 0 aliphatic carbocycles. The fourth-order valence-corrected chi connectivity index (χ4v) is 6.76. The molecule has 1 N–H and O–H groups in total. The number of methoxy groups -OCH3 is 1. The minimum atomic E-state index is -4.25. The molecule has 0 amide bonds. The number of ether oxygens (including phenoxy) is 2. The largest absolute Gasteiger partial charge is 0.493 e. The molecule has 2 heterocycles. The van der Waals surface area contributed by atoms with Crippen molar-refractivity contribution in [2.24, 2.45) is 0 Å². The molecule has 43 heavy (non-hydrogen) atoms. The van der Waals surface area contributed by atoms with Crippen LogP contribution in [0.25, 0.3) is 10.9 Å². The van der Waals surface area contributed by atoms with E-state index in [0.717, 1.165) is 0 Å². The van der Waals surface area contributed by atoms with Crippen LogP contribution in [0.4, 0.5) is 21.6 Å². The highest BCUT2D eigenvalue weighted by Gasteiger charge is 2.31. The molecule has 4 aromatic rings. The van der Waals surface area contributed by atoms with Gasteiger partial charge in [-0.2, -0.15) is 4.31 Å². The number of para-hydroxylation sites is 1. The smallest absolute Gasteiger partial charge is 0.289 e. The predicted octanol–water partition coefficient (Wildman–Crippen LogP) is 5.10. The van der Waals surface area contributed by atoms with Gasteiger partial charge in [0.15, 0.2) is 16.4 Å². The summed E-state index contributed by atoms with van der Waals surface area (Å²) < 4.78 is 55.2. The third-order valence-electron chi connectivity index (χ3n) is 6.98. The number of halogens is 2. The first-order valence-electron chi connectivity index (χ1n) is 13.2. The van der Waals surface area contributed by atoms with E-state index in [2.05, 4.69) is 31.2 Å². The Hall–Kier alpha value is -3.92. The maximum atomic E-state index is 14.7. The topological polar surface area (TPSA) is 140 Å². The molecule has 1 aromatic heterocycles. The van der Waals surface area contributed by atoms with E-state index >= 15 is 0 Å². The second-order valence-corrected chi connectivity index (χ2v) is 12.6. The molecule has 0 atom stereocenters. The quantitative estimate of drug-likeness (QED) is 0.230. The Morgan fingerprint density at radius 1 is 1.14 bits per heavy atom. The van der Waals surface area contributed by atoms with Gasteiger partial charge in [-0.25, -0.2) is 22.8 Å². The molecule has 0 spiro atoms. The maximum Gasteiger partial charge on any atom is 0.289 e. The Kier molecular flexibility index (Phi) is 9.05. The molecular formula is C28H28BrFN6O6S. The standard InChI is InChI=1S/C28H28BrFN6O6S/c1-34-9-10-35(43(39,40)27-7-4-3-6-24(27)36(37)38)8-5-11-42-26-13-19-23(15-25(26)41-2)31-17-32-28(19)33-22-14-20(29)21(30)12-18(22)16-34/h3-4,6-7,12-15,17H,5,8-11,16H2,1-2H3,(H,31,32,33). The highest BCUT2D eigenvalue weighted by atomic mass is 79.9. The molecule has 5 rings (SSSR count). The number of benzene rings is 3. The van der Waals surface area contributed by atoms with Crippen LogP contribution in [0, 0.1) is 15.9 Å². The summed E-state index contributed by atoms with van der Waals surface area (Å²) in [7, 11) is -0.971. The van der Waals surface area contributed by atoms with Crippen LogP contribution in [0.3, 0.4) is 0 Å². The number of hydrogen-bond acceptors (Lipinski definition) is 10. The monoisotopic (exact) mass is 674 g/mol. The molecule has 0 saturated heterocycles. The number of anilines is 2. The lowest BCUT2D eigenvalue weighted by Gasteiger charge is -2.26. The second-order valence-electron chi connectivity index (χ2n) is 9.86. The molecule has 3 aromatic carbocycles. The van der Waals surface area contributed by atoms with Crippen molar-refractivity contribution in [2.45, 2.75) is 17.9 Å². The first-order chi connectivity index (χ1) is 20.6. The summed E-state index contributed by atoms with van der Waals surface area (Å²) in [4.78, 5) is 21.2. The third-order valence-corrected chi connectivity index (χ3v) is 9.53. The Morgan fingerprint density at radius 2 is 1.93 bits per heavy atom. The number of likely N-dealkylation sites (N-methyl/N-ethyl adjacent to an activating group) is 1. The number of sulfonamides is 1. The van der Waals surface area contributed by atoms with Crippen LogP contribution in [-0.2, 0) is 16.6 Å². The lowest BCUT2D eigenvalue weighted by molar-refractivity contribution is -0.387. The minimum Gasteiger partial charge on any atom is -0.493 e. The molecule has 15 heteroatoms. The highest BCUT2D eigenvalue weighted by molar-refractivity contribution is 9.10. The number of rotatable bonds is 4. The van der Waals surface area contributed by atoms with Gasteiger partial charge in [0.2, 0.25) is 10.0 Å². The zero-order valence-electron chi connectivity index (χ0n) is 23.3. The molecule has 0 radical (unpaired) electrons. The van der Waals surface area contributed by atoms with E-state index in [1.165, 1.54) is 48.1 Å². The van der Waals surface area contributed by atoms with E-state index in [-0.39, 0.29) is 48.6 Å². The third kappa shape index (κ3) is 6.54. The van der Waals surface area contributed by atoms with Crippen LogP contribution >= 0.6 is 15.9 Å². The zero-order chi connectivity index (χ0) is 30.7. The summed E-state index contributed by atoms with van der Waals surface area (Å²) in [5.74, 6) is 0.841. The molecule has 1 aliphatic heterocycles. The normalized spacial score (nSPS) is 15.4. The summed E-state index contributed by atoms with van der Waals surface area (Å²) in [6.07, 6.45) is 1.70. The lowest BCUT2D eigenvalue weighted by Crippen LogP contribution is -2.38. The van der Waals surface area contributed by atoms with Gasteiger partial charge in [-0.3, -0.25) is 10.1 Å². The van der Waals surface area contributed by atoms with Gasteiger partial charge in [0.1, 0.15) is 18.0 Å². The average molecular weight is 676 g/mol. The minimum absolute atomic E-state index is 0.0258. The van der Waals surface area contributed by atoms with E-state index in [4.69, 9.17) is 9.47 Å². The number of fused-ring (bicyclic) bond motifs is 2. The summed E-state index contributed by atoms with van der Waals surface area (Å²) >= 11 is 3.26. The molecular weight excluding hydrogens is 647 g/mol. The first-order valence-corrected chi connectivity index (χ1v) is 15.4. The number of nitro benzene ring substituents is 1. The van der Waals surface area contributed by atoms with Crippen LogP contribution in [0.1, 0.15) is 12.0 Å². The Labute approximate surface area is 255 Å². The van der Waals surface area contributed by atoms with E-state index in [1.54, 1.807) is 25.2 Å². The number of nitrogens with zero attached hydrogens (tertiary/aromatic N) is 5. The first kappa shape index (κ1) is 30.5. The zero-order valence-corrected chi connectivity index (χ0v) is 25.7. The molecule has 0 saturated carbocycles. The predicted molar refractivity (Wildman–Crippen MR) is 162 cm³/mol. The van der Waals surface area contributed by atoms with Crippen molar-refractivity contribution in [3.8, 4) is 11.5 Å². The van der Waals surface area contributed by atoms with Gasteiger partial charge in [0, 0.05) is 49.4 Å². The van der Waals surface area contributed by atoms with Crippen LogP contribution in [0.15, 0.2) is 64.2 Å². The number of nitro groups is 1. The molecule has 1 aliphatic rings. The molecule has 2 bridgehead atoms. The fraction of sp³-hybridized carbons (Fsp3) is 0.286. The van der Waals surface area contributed by atoms with Crippen molar-refractivity contribution in [3.63, 3.8) is 0 Å². The lowest BCUT2D eigenvalue weighted by atomic mass is 10.1. The Balaban J connectivity index is 1.57. The Bertz CT molecular complexity index is 1790. The van der Waals surface area contributed by atoms with Gasteiger partial charge < -0.3 is 19.7 Å². The summed E-state index contributed by atoms with van der Waals surface area (Å²) in [5.41, 5.74) is 1.26.